The second kappa shape index (κ2) is 5.24. The van der Waals surface area contributed by atoms with E-state index in [4.69, 9.17) is 0 Å². The number of aromatic nitrogens is 2. The maximum atomic E-state index is 13.0. The highest BCUT2D eigenvalue weighted by atomic mass is 19.4. The van der Waals surface area contributed by atoms with Crippen LogP contribution in [0.15, 0.2) is 6.20 Å². The van der Waals surface area contributed by atoms with Crippen LogP contribution in [-0.4, -0.2) is 33.2 Å². The van der Waals surface area contributed by atoms with Crippen LogP contribution in [0.2, 0.25) is 0 Å². The van der Waals surface area contributed by atoms with E-state index in [0.29, 0.717) is 19.0 Å². The molecule has 1 aliphatic carbocycles. The predicted molar refractivity (Wildman–Crippen MR) is 73.1 cm³/mol. The number of hydrogen-bond acceptors (Lipinski definition) is 3. The predicted octanol–water partition coefficient (Wildman–Crippen LogP) is 2.05. The lowest BCUT2D eigenvalue weighted by molar-refractivity contribution is -0.143. The van der Waals surface area contributed by atoms with Gasteiger partial charge in [-0.1, -0.05) is 12.8 Å². The van der Waals surface area contributed by atoms with Gasteiger partial charge in [-0.05, 0) is 12.8 Å². The Labute approximate surface area is 130 Å². The molecule has 2 aliphatic rings. The normalized spacial score (nSPS) is 21.1. The van der Waals surface area contributed by atoms with Gasteiger partial charge in [0.2, 0.25) is 5.91 Å². The number of imide groups is 1. The molecule has 1 aromatic heterocycles. The van der Waals surface area contributed by atoms with Gasteiger partial charge in [-0.15, -0.1) is 0 Å². The van der Waals surface area contributed by atoms with Gasteiger partial charge in [0.1, 0.15) is 0 Å². The maximum absolute atomic E-state index is 13.0. The Hall–Kier alpha value is -2.06. The van der Waals surface area contributed by atoms with Crippen LogP contribution in [-0.2, 0) is 24.6 Å². The number of halogens is 3. The molecule has 0 bridgehead atoms. The fourth-order valence-corrected chi connectivity index (χ4v) is 3.42. The van der Waals surface area contributed by atoms with Crippen LogP contribution in [0.4, 0.5) is 18.0 Å². The van der Waals surface area contributed by atoms with Crippen LogP contribution in [0.5, 0.6) is 0 Å². The van der Waals surface area contributed by atoms with Gasteiger partial charge in [-0.2, -0.15) is 18.3 Å². The summed E-state index contributed by atoms with van der Waals surface area (Å²) in [4.78, 5) is 25.6. The molecule has 0 radical (unpaired) electrons. The van der Waals surface area contributed by atoms with Crippen LogP contribution < -0.4 is 5.32 Å². The fourth-order valence-electron chi connectivity index (χ4n) is 3.42. The molecule has 2 heterocycles. The molecule has 126 valence electrons. The second-order valence-corrected chi connectivity index (χ2v) is 6.16. The highest BCUT2D eigenvalue weighted by molar-refractivity contribution is 6.00. The van der Waals surface area contributed by atoms with Crippen molar-refractivity contribution in [2.45, 2.75) is 38.4 Å². The number of amides is 3. The number of aryl methyl sites for hydroxylation is 1. The summed E-state index contributed by atoms with van der Waals surface area (Å²) in [5, 5.41) is 6.26. The standard InChI is InChI=1S/C14H17F3N4O2/c1-20-10(9(6-19-20)14(15,16)17)7-21-11(22)13(4-2-3-5-13)8-18-12(21)23/h6H,2-5,7-8H2,1H3,(H,18,23). The van der Waals surface area contributed by atoms with Crippen molar-refractivity contribution in [2.75, 3.05) is 6.54 Å². The Morgan fingerprint density at radius 1 is 1.30 bits per heavy atom. The van der Waals surface area contributed by atoms with E-state index in [1.54, 1.807) is 0 Å². The third-order valence-electron chi connectivity index (χ3n) is 4.76. The van der Waals surface area contributed by atoms with E-state index in [1.165, 1.54) is 7.05 Å². The van der Waals surface area contributed by atoms with Crippen molar-refractivity contribution in [1.29, 1.82) is 0 Å². The van der Waals surface area contributed by atoms with Crippen LogP contribution >= 0.6 is 0 Å². The van der Waals surface area contributed by atoms with Crippen molar-refractivity contribution >= 4 is 11.9 Å². The van der Waals surface area contributed by atoms with Gasteiger partial charge >= 0.3 is 12.2 Å². The van der Waals surface area contributed by atoms with Gasteiger partial charge < -0.3 is 5.32 Å². The molecule has 2 fully saturated rings. The summed E-state index contributed by atoms with van der Waals surface area (Å²) in [5.74, 6) is -0.381. The minimum absolute atomic E-state index is 0.198. The van der Waals surface area contributed by atoms with Gasteiger partial charge in [0.05, 0.1) is 29.4 Å². The Morgan fingerprint density at radius 3 is 2.57 bits per heavy atom. The first-order valence-corrected chi connectivity index (χ1v) is 7.42. The second-order valence-electron chi connectivity index (χ2n) is 6.16. The van der Waals surface area contributed by atoms with Gasteiger partial charge in [0, 0.05) is 13.6 Å². The number of hydrogen-bond donors (Lipinski definition) is 1. The number of carbonyl (C=O) groups excluding carboxylic acids is 2. The zero-order valence-corrected chi connectivity index (χ0v) is 12.6. The first-order chi connectivity index (χ1) is 10.7. The number of carbonyl (C=O) groups is 2. The molecule has 0 unspecified atom stereocenters. The average Bonchev–Trinajstić information content (AvgIpc) is 3.07. The van der Waals surface area contributed by atoms with Crippen LogP contribution in [0.25, 0.3) is 0 Å². The molecule has 1 saturated heterocycles. The third kappa shape index (κ3) is 2.57. The highest BCUT2D eigenvalue weighted by Gasteiger charge is 2.49. The van der Waals surface area contributed by atoms with Crippen molar-refractivity contribution in [1.82, 2.24) is 20.0 Å². The van der Waals surface area contributed by atoms with E-state index in [0.717, 1.165) is 22.4 Å². The van der Waals surface area contributed by atoms with Crippen molar-refractivity contribution < 1.29 is 22.8 Å². The van der Waals surface area contributed by atoms with Gasteiger partial charge in [0.15, 0.2) is 0 Å². The molecule has 23 heavy (non-hydrogen) atoms. The van der Waals surface area contributed by atoms with Gasteiger partial charge in [-0.25, -0.2) is 4.79 Å². The summed E-state index contributed by atoms with van der Waals surface area (Å²) in [5.41, 5.74) is -1.78. The molecular formula is C14H17F3N4O2. The summed E-state index contributed by atoms with van der Waals surface area (Å²) in [7, 11) is 1.36. The van der Waals surface area contributed by atoms with Crippen molar-refractivity contribution in [3.63, 3.8) is 0 Å². The fraction of sp³-hybridized carbons (Fsp3) is 0.643. The highest BCUT2D eigenvalue weighted by Crippen LogP contribution is 2.41. The number of nitrogens with one attached hydrogen (secondary N) is 1. The number of alkyl halides is 3. The lowest BCUT2D eigenvalue weighted by atomic mass is 9.83. The Balaban J connectivity index is 1.91. The average molecular weight is 330 g/mol. The molecular weight excluding hydrogens is 313 g/mol. The summed E-state index contributed by atoms with van der Waals surface area (Å²) in [6, 6.07) is -0.651. The topological polar surface area (TPSA) is 67.2 Å². The van der Waals surface area contributed by atoms with E-state index in [9.17, 15) is 22.8 Å². The van der Waals surface area contributed by atoms with Crippen LogP contribution in [0.3, 0.4) is 0 Å². The minimum atomic E-state index is -4.58. The largest absolute Gasteiger partial charge is 0.419 e. The molecule has 3 amide bonds. The molecule has 1 spiro atoms. The SMILES string of the molecule is Cn1ncc(C(F)(F)F)c1CN1C(=O)NCC2(CCCC2)C1=O. The molecule has 6 nitrogen and oxygen atoms in total. The molecule has 3 rings (SSSR count). The molecule has 9 heteroatoms. The number of nitrogens with zero attached hydrogens (tertiary/aromatic N) is 3. The summed E-state index contributed by atoms with van der Waals surface area (Å²) in [6.07, 6.45) is -0.791. The Morgan fingerprint density at radius 2 is 1.96 bits per heavy atom. The van der Waals surface area contributed by atoms with E-state index in [2.05, 4.69) is 10.4 Å². The molecule has 1 aliphatic heterocycles. The molecule has 1 N–H and O–H groups in total. The van der Waals surface area contributed by atoms with E-state index >= 15 is 0 Å². The lowest BCUT2D eigenvalue weighted by Crippen LogP contribution is -2.59. The Kier molecular flexibility index (Phi) is 3.61. The van der Waals surface area contributed by atoms with Crippen molar-refractivity contribution in [2.24, 2.45) is 12.5 Å². The maximum Gasteiger partial charge on any atom is 0.419 e. The third-order valence-corrected chi connectivity index (χ3v) is 4.76. The quantitative estimate of drug-likeness (QED) is 0.902. The van der Waals surface area contributed by atoms with Crippen molar-refractivity contribution in [3.8, 4) is 0 Å². The molecule has 1 aromatic rings. The number of rotatable bonds is 2. The van der Waals surface area contributed by atoms with E-state index in [-0.39, 0.29) is 18.1 Å². The number of urea groups is 1. The first-order valence-electron chi connectivity index (χ1n) is 7.42. The Bertz CT molecular complexity index is 647. The summed E-state index contributed by atoms with van der Waals surface area (Å²) >= 11 is 0. The summed E-state index contributed by atoms with van der Waals surface area (Å²) in [6.45, 7) is -0.170. The van der Waals surface area contributed by atoms with Gasteiger partial charge in [0.25, 0.3) is 0 Å². The monoisotopic (exact) mass is 330 g/mol. The summed E-state index contributed by atoms with van der Waals surface area (Å²) < 4.78 is 40.2. The van der Waals surface area contributed by atoms with E-state index in [1.807, 2.05) is 0 Å². The van der Waals surface area contributed by atoms with E-state index < -0.39 is 29.7 Å². The molecule has 0 aromatic carbocycles. The first kappa shape index (κ1) is 15.8. The molecule has 0 atom stereocenters. The smallest absolute Gasteiger partial charge is 0.337 e. The lowest BCUT2D eigenvalue weighted by Gasteiger charge is -2.38. The minimum Gasteiger partial charge on any atom is -0.337 e. The van der Waals surface area contributed by atoms with Crippen LogP contribution in [0, 0.1) is 5.41 Å². The van der Waals surface area contributed by atoms with Crippen LogP contribution in [0.1, 0.15) is 36.9 Å². The zero-order chi connectivity index (χ0) is 16.8. The molecule has 1 saturated carbocycles. The van der Waals surface area contributed by atoms with Gasteiger partial charge in [-0.3, -0.25) is 14.4 Å². The van der Waals surface area contributed by atoms with Crippen molar-refractivity contribution in [3.05, 3.63) is 17.5 Å². The zero-order valence-electron chi connectivity index (χ0n) is 12.6.